The SMILES string of the molecule is CC(C)(C)C(C(=O)OCc1ccc(F)c(Oc2ccccc2)c1)c1cnc(-c2ccccc2Cl)nc1. The van der Waals surface area contributed by atoms with Gasteiger partial charge in [0.1, 0.15) is 12.4 Å². The molecule has 184 valence electrons. The number of aromatic nitrogens is 2. The highest BCUT2D eigenvalue weighted by molar-refractivity contribution is 6.33. The van der Waals surface area contributed by atoms with Crippen LogP contribution in [0.15, 0.2) is 85.2 Å². The highest BCUT2D eigenvalue weighted by Gasteiger charge is 2.35. The van der Waals surface area contributed by atoms with Crippen LogP contribution in [0.3, 0.4) is 0 Å². The Kier molecular flexibility index (Phi) is 7.65. The van der Waals surface area contributed by atoms with Crippen LogP contribution in [0.25, 0.3) is 11.4 Å². The fourth-order valence-corrected chi connectivity index (χ4v) is 4.05. The number of carbonyl (C=O) groups excluding carboxylic acids is 1. The molecule has 0 saturated heterocycles. The second-order valence-corrected chi connectivity index (χ2v) is 9.81. The van der Waals surface area contributed by atoms with Crippen LogP contribution in [-0.4, -0.2) is 15.9 Å². The molecule has 7 heteroatoms. The van der Waals surface area contributed by atoms with Crippen LogP contribution in [0.5, 0.6) is 11.5 Å². The van der Waals surface area contributed by atoms with E-state index in [1.807, 2.05) is 45.0 Å². The van der Waals surface area contributed by atoms with Gasteiger partial charge in [-0.25, -0.2) is 14.4 Å². The van der Waals surface area contributed by atoms with Crippen molar-refractivity contribution in [1.29, 1.82) is 0 Å². The molecule has 0 saturated carbocycles. The Hall–Kier alpha value is -3.77. The van der Waals surface area contributed by atoms with Crippen LogP contribution < -0.4 is 4.74 Å². The molecular weight excluding hydrogens is 479 g/mol. The number of halogens is 2. The molecule has 1 unspecified atom stereocenters. The van der Waals surface area contributed by atoms with Crippen LogP contribution in [0.2, 0.25) is 5.02 Å². The smallest absolute Gasteiger partial charge is 0.314 e. The second-order valence-electron chi connectivity index (χ2n) is 9.41. The van der Waals surface area contributed by atoms with E-state index >= 15 is 0 Å². The van der Waals surface area contributed by atoms with Gasteiger partial charge >= 0.3 is 5.97 Å². The van der Waals surface area contributed by atoms with Gasteiger partial charge in [-0.15, -0.1) is 0 Å². The summed E-state index contributed by atoms with van der Waals surface area (Å²) in [6, 6.07) is 20.6. The van der Waals surface area contributed by atoms with Crippen LogP contribution >= 0.6 is 11.6 Å². The molecule has 0 amide bonds. The van der Waals surface area contributed by atoms with Crippen molar-refractivity contribution < 1.29 is 18.7 Å². The lowest BCUT2D eigenvalue weighted by molar-refractivity contribution is -0.149. The fraction of sp³-hybridized carbons (Fsp3) is 0.207. The molecule has 4 aromatic rings. The molecular formula is C29H26ClFN2O3. The quantitative estimate of drug-likeness (QED) is 0.242. The minimum atomic E-state index is -0.613. The van der Waals surface area contributed by atoms with Crippen molar-refractivity contribution in [2.24, 2.45) is 5.41 Å². The normalized spacial score (nSPS) is 12.1. The van der Waals surface area contributed by atoms with Gasteiger partial charge < -0.3 is 9.47 Å². The molecule has 0 fully saturated rings. The van der Waals surface area contributed by atoms with Gasteiger partial charge in [0.15, 0.2) is 17.4 Å². The topological polar surface area (TPSA) is 61.3 Å². The summed E-state index contributed by atoms with van der Waals surface area (Å²) in [5.74, 6) is -0.492. The molecule has 0 aliphatic heterocycles. The number of rotatable bonds is 7. The predicted octanol–water partition coefficient (Wildman–Crippen LogP) is 7.60. The Morgan fingerprint density at radius 3 is 2.31 bits per heavy atom. The Balaban J connectivity index is 1.50. The van der Waals surface area contributed by atoms with Gasteiger partial charge in [0.25, 0.3) is 0 Å². The first-order valence-electron chi connectivity index (χ1n) is 11.5. The molecule has 0 radical (unpaired) electrons. The van der Waals surface area contributed by atoms with Crippen molar-refractivity contribution in [3.63, 3.8) is 0 Å². The number of benzene rings is 3. The van der Waals surface area contributed by atoms with Crippen LogP contribution in [0, 0.1) is 11.2 Å². The molecule has 1 heterocycles. The van der Waals surface area contributed by atoms with E-state index in [1.165, 1.54) is 12.1 Å². The van der Waals surface area contributed by atoms with E-state index < -0.39 is 23.1 Å². The molecule has 0 spiro atoms. The van der Waals surface area contributed by atoms with E-state index in [2.05, 4.69) is 9.97 Å². The van der Waals surface area contributed by atoms with E-state index in [1.54, 1.807) is 48.8 Å². The number of para-hydroxylation sites is 1. The predicted molar refractivity (Wildman–Crippen MR) is 137 cm³/mol. The zero-order valence-corrected chi connectivity index (χ0v) is 21.0. The second kappa shape index (κ2) is 10.9. The van der Waals surface area contributed by atoms with Gasteiger partial charge in [-0.05, 0) is 47.4 Å². The number of hydrogen-bond acceptors (Lipinski definition) is 5. The van der Waals surface area contributed by atoms with Crippen molar-refractivity contribution in [3.05, 3.63) is 107 Å². The van der Waals surface area contributed by atoms with E-state index in [4.69, 9.17) is 21.1 Å². The Bertz CT molecular complexity index is 1340. The first-order valence-corrected chi connectivity index (χ1v) is 11.8. The van der Waals surface area contributed by atoms with E-state index in [9.17, 15) is 9.18 Å². The van der Waals surface area contributed by atoms with Crippen molar-refractivity contribution >= 4 is 17.6 Å². The minimum absolute atomic E-state index is 0.0323. The summed E-state index contributed by atoms with van der Waals surface area (Å²) < 4.78 is 25.6. The maximum atomic E-state index is 14.3. The number of esters is 1. The largest absolute Gasteiger partial charge is 0.460 e. The Morgan fingerprint density at radius 1 is 0.972 bits per heavy atom. The summed E-state index contributed by atoms with van der Waals surface area (Å²) in [6.07, 6.45) is 3.26. The van der Waals surface area contributed by atoms with Crippen LogP contribution in [0.1, 0.15) is 37.8 Å². The minimum Gasteiger partial charge on any atom is -0.460 e. The maximum Gasteiger partial charge on any atom is 0.314 e. The molecule has 0 bridgehead atoms. The standard InChI is InChI=1S/C29H26ClFN2O3/c1-29(2,3)26(20-16-32-27(33-17-20)22-11-7-8-12-23(22)30)28(34)35-18-19-13-14-24(31)25(15-19)36-21-9-5-4-6-10-21/h4-17,26H,18H2,1-3H3. The van der Waals surface area contributed by atoms with Gasteiger partial charge in [0.2, 0.25) is 0 Å². The molecule has 0 aliphatic rings. The zero-order valence-electron chi connectivity index (χ0n) is 20.2. The third-order valence-corrected chi connectivity index (χ3v) is 5.90. The molecule has 36 heavy (non-hydrogen) atoms. The monoisotopic (exact) mass is 504 g/mol. The lowest BCUT2D eigenvalue weighted by atomic mass is 9.77. The van der Waals surface area contributed by atoms with E-state index in [0.29, 0.717) is 33.3 Å². The van der Waals surface area contributed by atoms with Crippen LogP contribution in [0.4, 0.5) is 4.39 Å². The van der Waals surface area contributed by atoms with Gasteiger partial charge in [-0.1, -0.05) is 68.8 Å². The number of carbonyl (C=O) groups is 1. The summed E-state index contributed by atoms with van der Waals surface area (Å²) in [7, 11) is 0. The maximum absolute atomic E-state index is 14.3. The van der Waals surface area contributed by atoms with Gasteiger partial charge in [-0.2, -0.15) is 0 Å². The summed E-state index contributed by atoms with van der Waals surface area (Å²) in [6.45, 7) is 5.81. The highest BCUT2D eigenvalue weighted by Crippen LogP contribution is 2.36. The number of hydrogen-bond donors (Lipinski definition) is 0. The van der Waals surface area contributed by atoms with Crippen molar-refractivity contribution in [2.45, 2.75) is 33.3 Å². The first kappa shape index (κ1) is 25.3. The summed E-state index contributed by atoms with van der Waals surface area (Å²) in [5, 5.41) is 0.548. The lowest BCUT2D eigenvalue weighted by Crippen LogP contribution is -2.28. The number of nitrogens with zero attached hydrogens (tertiary/aromatic N) is 2. The average molecular weight is 505 g/mol. The molecule has 4 rings (SSSR count). The summed E-state index contributed by atoms with van der Waals surface area (Å²) in [5.41, 5.74) is 1.49. The van der Waals surface area contributed by atoms with Crippen molar-refractivity contribution in [3.8, 4) is 22.9 Å². The first-order chi connectivity index (χ1) is 17.2. The lowest BCUT2D eigenvalue weighted by Gasteiger charge is -2.28. The van der Waals surface area contributed by atoms with Gasteiger partial charge in [-0.3, -0.25) is 4.79 Å². The third-order valence-electron chi connectivity index (χ3n) is 5.57. The van der Waals surface area contributed by atoms with Crippen LogP contribution in [-0.2, 0) is 16.1 Å². The molecule has 1 atom stereocenters. The molecule has 1 aromatic heterocycles. The van der Waals surface area contributed by atoms with E-state index in [-0.39, 0.29) is 12.4 Å². The van der Waals surface area contributed by atoms with Gasteiger partial charge in [0.05, 0.1) is 10.9 Å². The van der Waals surface area contributed by atoms with Crippen molar-refractivity contribution in [2.75, 3.05) is 0 Å². The third kappa shape index (κ3) is 6.07. The zero-order chi connectivity index (χ0) is 25.7. The molecule has 3 aromatic carbocycles. The Morgan fingerprint density at radius 2 is 1.64 bits per heavy atom. The van der Waals surface area contributed by atoms with Crippen molar-refractivity contribution in [1.82, 2.24) is 9.97 Å². The number of ether oxygens (including phenoxy) is 2. The summed E-state index contributed by atoms with van der Waals surface area (Å²) >= 11 is 6.26. The van der Waals surface area contributed by atoms with E-state index in [0.717, 1.165) is 0 Å². The molecule has 0 N–H and O–H groups in total. The summed E-state index contributed by atoms with van der Waals surface area (Å²) in [4.78, 5) is 22.1. The van der Waals surface area contributed by atoms with Gasteiger partial charge in [0, 0.05) is 23.5 Å². The molecule has 0 aliphatic carbocycles. The highest BCUT2D eigenvalue weighted by atomic mass is 35.5. The fourth-order valence-electron chi connectivity index (χ4n) is 3.83. The average Bonchev–Trinajstić information content (AvgIpc) is 2.85. The molecule has 5 nitrogen and oxygen atoms in total. The Labute approximate surface area is 214 Å².